The molecule has 5 nitrogen and oxygen atoms in total. The van der Waals surface area contributed by atoms with E-state index in [-0.39, 0.29) is 30.5 Å². The number of aryl methyl sites for hydroxylation is 1. The highest BCUT2D eigenvalue weighted by atomic mass is 19.2. The molecule has 0 saturated carbocycles. The lowest BCUT2D eigenvalue weighted by molar-refractivity contribution is -0.136. The normalized spacial score (nSPS) is 19.8. The predicted octanol–water partition coefficient (Wildman–Crippen LogP) is 2.97. The Hall–Kier alpha value is -2.96. The molecule has 152 valence electrons. The van der Waals surface area contributed by atoms with Crippen molar-refractivity contribution in [3.05, 3.63) is 59.7 Å². The van der Waals surface area contributed by atoms with Crippen LogP contribution < -0.4 is 9.80 Å². The quantitative estimate of drug-likeness (QED) is 0.797. The third kappa shape index (κ3) is 3.95. The van der Waals surface area contributed by atoms with Gasteiger partial charge in [-0.15, -0.1) is 0 Å². The monoisotopic (exact) mass is 399 g/mol. The van der Waals surface area contributed by atoms with Gasteiger partial charge in [-0.1, -0.05) is 12.1 Å². The number of amides is 2. The maximum Gasteiger partial charge on any atom is 0.228 e. The van der Waals surface area contributed by atoms with E-state index in [0.717, 1.165) is 30.9 Å². The minimum atomic E-state index is -1.00. The molecule has 0 radical (unpaired) electrons. The van der Waals surface area contributed by atoms with Gasteiger partial charge < -0.3 is 14.7 Å². The SMILES string of the molecule is Cc1cccc(N2CCN(C(=O)C3CC(=O)N(c4ccc(F)c(F)c4)C3)CC2)c1. The second-order valence-electron chi connectivity index (χ2n) is 7.66. The highest BCUT2D eigenvalue weighted by Gasteiger charge is 2.38. The molecule has 0 aliphatic carbocycles. The van der Waals surface area contributed by atoms with Crippen LogP contribution in [-0.4, -0.2) is 49.4 Å². The molecule has 0 aromatic heterocycles. The molecule has 1 unspecified atom stereocenters. The second-order valence-corrected chi connectivity index (χ2v) is 7.66. The van der Waals surface area contributed by atoms with Gasteiger partial charge in [0.1, 0.15) is 0 Å². The topological polar surface area (TPSA) is 43.9 Å². The van der Waals surface area contributed by atoms with Crippen molar-refractivity contribution in [3.63, 3.8) is 0 Å². The maximum absolute atomic E-state index is 13.5. The summed E-state index contributed by atoms with van der Waals surface area (Å²) in [5.41, 5.74) is 2.63. The van der Waals surface area contributed by atoms with E-state index in [1.54, 1.807) is 4.90 Å². The Labute approximate surface area is 168 Å². The van der Waals surface area contributed by atoms with Gasteiger partial charge in [0, 0.05) is 56.6 Å². The third-order valence-electron chi connectivity index (χ3n) is 5.65. The summed E-state index contributed by atoms with van der Waals surface area (Å²) in [5.74, 6) is -2.71. The van der Waals surface area contributed by atoms with Crippen molar-refractivity contribution in [2.45, 2.75) is 13.3 Å². The minimum absolute atomic E-state index is 0.0488. The van der Waals surface area contributed by atoms with Crippen molar-refractivity contribution < 1.29 is 18.4 Å². The van der Waals surface area contributed by atoms with Gasteiger partial charge in [-0.2, -0.15) is 0 Å². The van der Waals surface area contributed by atoms with E-state index >= 15 is 0 Å². The van der Waals surface area contributed by atoms with Gasteiger partial charge in [0.15, 0.2) is 11.6 Å². The summed E-state index contributed by atoms with van der Waals surface area (Å²) in [7, 11) is 0. The standard InChI is InChI=1S/C22H23F2N3O2/c1-15-3-2-4-17(11-15)25-7-9-26(10-8-25)22(29)16-12-21(28)27(14-16)18-5-6-19(23)20(24)13-18/h2-6,11,13,16H,7-10,12,14H2,1H3. The molecule has 2 aromatic rings. The van der Waals surface area contributed by atoms with Crippen molar-refractivity contribution in [3.8, 4) is 0 Å². The van der Waals surface area contributed by atoms with E-state index in [1.165, 1.54) is 16.5 Å². The molecule has 2 heterocycles. The van der Waals surface area contributed by atoms with Crippen molar-refractivity contribution in [1.82, 2.24) is 4.90 Å². The number of piperazine rings is 1. The van der Waals surface area contributed by atoms with Crippen LogP contribution in [0.5, 0.6) is 0 Å². The average molecular weight is 399 g/mol. The zero-order chi connectivity index (χ0) is 20.5. The first-order valence-corrected chi connectivity index (χ1v) is 9.78. The molecule has 2 aromatic carbocycles. The fourth-order valence-corrected chi connectivity index (χ4v) is 4.04. The van der Waals surface area contributed by atoms with Gasteiger partial charge in [-0.05, 0) is 36.8 Å². The molecular formula is C22H23F2N3O2. The summed E-state index contributed by atoms with van der Waals surface area (Å²) < 4.78 is 26.7. The summed E-state index contributed by atoms with van der Waals surface area (Å²) in [6, 6.07) is 11.6. The van der Waals surface area contributed by atoms with E-state index in [2.05, 4.69) is 30.0 Å². The van der Waals surface area contributed by atoms with Crippen molar-refractivity contribution in [2.75, 3.05) is 42.5 Å². The number of carbonyl (C=O) groups is 2. The number of carbonyl (C=O) groups excluding carboxylic acids is 2. The molecule has 2 saturated heterocycles. The molecule has 2 aliphatic rings. The molecule has 7 heteroatoms. The van der Waals surface area contributed by atoms with Gasteiger partial charge in [-0.3, -0.25) is 9.59 Å². The summed E-state index contributed by atoms with van der Waals surface area (Å²) >= 11 is 0. The van der Waals surface area contributed by atoms with Crippen LogP contribution in [-0.2, 0) is 9.59 Å². The predicted molar refractivity (Wildman–Crippen MR) is 107 cm³/mol. The number of hydrogen-bond donors (Lipinski definition) is 0. The van der Waals surface area contributed by atoms with E-state index in [0.29, 0.717) is 13.1 Å². The molecule has 2 fully saturated rings. The van der Waals surface area contributed by atoms with Crippen LogP contribution in [0.25, 0.3) is 0 Å². The fraction of sp³-hybridized carbons (Fsp3) is 0.364. The van der Waals surface area contributed by atoms with Gasteiger partial charge in [0.2, 0.25) is 11.8 Å². The van der Waals surface area contributed by atoms with E-state index < -0.39 is 17.6 Å². The Kier molecular flexibility index (Phi) is 5.22. The molecule has 2 amide bonds. The summed E-state index contributed by atoms with van der Waals surface area (Å²) in [4.78, 5) is 30.7. The Morgan fingerprint density at radius 1 is 0.966 bits per heavy atom. The molecular weight excluding hydrogens is 376 g/mol. The lowest BCUT2D eigenvalue weighted by Gasteiger charge is -2.37. The first-order valence-electron chi connectivity index (χ1n) is 9.78. The number of anilines is 2. The zero-order valence-electron chi connectivity index (χ0n) is 16.3. The first kappa shape index (κ1) is 19.4. The van der Waals surface area contributed by atoms with Crippen LogP contribution in [0, 0.1) is 24.5 Å². The summed E-state index contributed by atoms with van der Waals surface area (Å²) in [6.07, 6.45) is 0.0932. The Morgan fingerprint density at radius 3 is 2.41 bits per heavy atom. The van der Waals surface area contributed by atoms with Gasteiger partial charge in [-0.25, -0.2) is 8.78 Å². The number of rotatable bonds is 3. The molecule has 4 rings (SSSR count). The largest absolute Gasteiger partial charge is 0.368 e. The van der Waals surface area contributed by atoms with Crippen LogP contribution in [0.15, 0.2) is 42.5 Å². The van der Waals surface area contributed by atoms with Crippen LogP contribution in [0.1, 0.15) is 12.0 Å². The van der Waals surface area contributed by atoms with Crippen molar-refractivity contribution >= 4 is 23.2 Å². The third-order valence-corrected chi connectivity index (χ3v) is 5.65. The van der Waals surface area contributed by atoms with E-state index in [1.807, 2.05) is 6.07 Å². The molecule has 2 aliphatic heterocycles. The molecule has 0 spiro atoms. The number of benzene rings is 2. The van der Waals surface area contributed by atoms with Crippen LogP contribution >= 0.6 is 0 Å². The summed E-state index contributed by atoms with van der Waals surface area (Å²) in [5, 5.41) is 0. The lowest BCUT2D eigenvalue weighted by Crippen LogP contribution is -2.50. The lowest BCUT2D eigenvalue weighted by atomic mass is 10.1. The van der Waals surface area contributed by atoms with Gasteiger partial charge >= 0.3 is 0 Å². The average Bonchev–Trinajstić information content (AvgIpc) is 3.11. The van der Waals surface area contributed by atoms with Crippen LogP contribution in [0.2, 0.25) is 0 Å². The highest BCUT2D eigenvalue weighted by Crippen LogP contribution is 2.28. The number of halogens is 2. The van der Waals surface area contributed by atoms with Crippen LogP contribution in [0.4, 0.5) is 20.2 Å². The van der Waals surface area contributed by atoms with E-state index in [9.17, 15) is 18.4 Å². The second kappa shape index (κ2) is 7.81. The first-order chi connectivity index (χ1) is 13.9. The van der Waals surface area contributed by atoms with Gasteiger partial charge in [0.05, 0.1) is 5.92 Å². The van der Waals surface area contributed by atoms with Crippen molar-refractivity contribution in [1.29, 1.82) is 0 Å². The Balaban J connectivity index is 1.38. The summed E-state index contributed by atoms with van der Waals surface area (Å²) in [6.45, 7) is 4.93. The smallest absolute Gasteiger partial charge is 0.228 e. The number of hydrogen-bond acceptors (Lipinski definition) is 3. The van der Waals surface area contributed by atoms with Crippen LogP contribution in [0.3, 0.4) is 0 Å². The zero-order valence-corrected chi connectivity index (χ0v) is 16.3. The van der Waals surface area contributed by atoms with Crippen molar-refractivity contribution in [2.24, 2.45) is 5.92 Å². The molecule has 29 heavy (non-hydrogen) atoms. The fourth-order valence-electron chi connectivity index (χ4n) is 4.04. The maximum atomic E-state index is 13.5. The van der Waals surface area contributed by atoms with E-state index in [4.69, 9.17) is 0 Å². The molecule has 1 atom stereocenters. The Morgan fingerprint density at radius 2 is 1.72 bits per heavy atom. The molecule has 0 bridgehead atoms. The number of nitrogens with zero attached hydrogens (tertiary/aromatic N) is 3. The Bertz CT molecular complexity index is 941. The van der Waals surface area contributed by atoms with Gasteiger partial charge in [0.25, 0.3) is 0 Å². The minimum Gasteiger partial charge on any atom is -0.368 e. The highest BCUT2D eigenvalue weighted by molar-refractivity contribution is 6.00. The molecule has 0 N–H and O–H groups in total.